The number of pyridine rings is 1. The van der Waals surface area contributed by atoms with Crippen LogP contribution in [-0.4, -0.2) is 26.0 Å². The van der Waals surface area contributed by atoms with Gasteiger partial charge in [-0.25, -0.2) is 9.97 Å². The number of nitrogens with zero attached hydrogens (tertiary/aromatic N) is 3. The lowest BCUT2D eigenvalue weighted by atomic mass is 10.2. The standard InChI is InChI=1S/C12H11N3O2/c1-8-4-10(2-3-13-8)12-14-6-9(7-15-12)5-11(16)17/h2-4,6-7H,5H2,1H3,(H,16,17). The monoisotopic (exact) mass is 229 g/mol. The van der Waals surface area contributed by atoms with Crippen LogP contribution < -0.4 is 0 Å². The van der Waals surface area contributed by atoms with E-state index in [1.807, 2.05) is 19.1 Å². The third-order valence-electron chi connectivity index (χ3n) is 2.22. The number of aryl methyl sites for hydroxylation is 1. The van der Waals surface area contributed by atoms with Gasteiger partial charge in [0, 0.05) is 29.8 Å². The second-order valence-corrected chi connectivity index (χ2v) is 3.67. The first-order valence-electron chi connectivity index (χ1n) is 5.11. The molecule has 0 spiro atoms. The quantitative estimate of drug-likeness (QED) is 0.862. The fraction of sp³-hybridized carbons (Fsp3) is 0.167. The van der Waals surface area contributed by atoms with Crippen LogP contribution in [0.5, 0.6) is 0 Å². The Morgan fingerprint density at radius 2 is 2.00 bits per heavy atom. The van der Waals surface area contributed by atoms with E-state index in [0.717, 1.165) is 11.3 Å². The maximum atomic E-state index is 10.5. The van der Waals surface area contributed by atoms with Crippen molar-refractivity contribution in [1.82, 2.24) is 15.0 Å². The molecule has 0 fully saturated rings. The molecule has 0 aliphatic rings. The van der Waals surface area contributed by atoms with Gasteiger partial charge in [0.25, 0.3) is 0 Å². The molecule has 0 saturated carbocycles. The third kappa shape index (κ3) is 2.84. The average molecular weight is 229 g/mol. The van der Waals surface area contributed by atoms with Crippen molar-refractivity contribution >= 4 is 5.97 Å². The highest BCUT2D eigenvalue weighted by molar-refractivity contribution is 5.70. The van der Waals surface area contributed by atoms with Crippen LogP contribution in [0.2, 0.25) is 0 Å². The Bertz CT molecular complexity index is 538. The molecule has 0 aromatic carbocycles. The van der Waals surface area contributed by atoms with Gasteiger partial charge in [-0.15, -0.1) is 0 Å². The summed E-state index contributed by atoms with van der Waals surface area (Å²) in [6.07, 6.45) is 4.70. The van der Waals surface area contributed by atoms with Gasteiger partial charge in [-0.3, -0.25) is 9.78 Å². The van der Waals surface area contributed by atoms with Crippen LogP contribution >= 0.6 is 0 Å². The minimum absolute atomic E-state index is 0.0599. The zero-order chi connectivity index (χ0) is 12.3. The largest absolute Gasteiger partial charge is 0.481 e. The van der Waals surface area contributed by atoms with Crippen LogP contribution in [0, 0.1) is 6.92 Å². The molecule has 0 radical (unpaired) electrons. The number of carboxylic acid groups (broad SMARTS) is 1. The summed E-state index contributed by atoms with van der Waals surface area (Å²) in [5.41, 5.74) is 2.35. The summed E-state index contributed by atoms with van der Waals surface area (Å²) in [7, 11) is 0. The molecule has 1 N–H and O–H groups in total. The predicted octanol–water partition coefficient (Wildman–Crippen LogP) is 1.47. The summed E-state index contributed by atoms with van der Waals surface area (Å²) in [6, 6.07) is 3.70. The van der Waals surface area contributed by atoms with Crippen molar-refractivity contribution < 1.29 is 9.90 Å². The summed E-state index contributed by atoms with van der Waals surface area (Å²) in [6.45, 7) is 1.89. The van der Waals surface area contributed by atoms with Crippen molar-refractivity contribution in [2.75, 3.05) is 0 Å². The molecule has 2 aromatic heterocycles. The highest BCUT2D eigenvalue weighted by atomic mass is 16.4. The second-order valence-electron chi connectivity index (χ2n) is 3.67. The Kier molecular flexibility index (Phi) is 3.09. The van der Waals surface area contributed by atoms with Gasteiger partial charge in [-0.1, -0.05) is 0 Å². The average Bonchev–Trinajstić information content (AvgIpc) is 2.29. The molecule has 0 aliphatic heterocycles. The van der Waals surface area contributed by atoms with Crippen LogP contribution in [0.1, 0.15) is 11.3 Å². The second kappa shape index (κ2) is 4.69. The van der Waals surface area contributed by atoms with Crippen molar-refractivity contribution in [2.24, 2.45) is 0 Å². The van der Waals surface area contributed by atoms with Gasteiger partial charge in [0.2, 0.25) is 0 Å². The van der Waals surface area contributed by atoms with Gasteiger partial charge in [0.05, 0.1) is 6.42 Å². The van der Waals surface area contributed by atoms with Gasteiger partial charge in [-0.2, -0.15) is 0 Å². The number of aromatic nitrogens is 3. The highest BCUT2D eigenvalue weighted by Gasteiger charge is 2.04. The van der Waals surface area contributed by atoms with Crippen LogP contribution in [-0.2, 0) is 11.2 Å². The summed E-state index contributed by atoms with van der Waals surface area (Å²) >= 11 is 0. The Morgan fingerprint density at radius 1 is 1.29 bits per heavy atom. The van der Waals surface area contributed by atoms with E-state index < -0.39 is 5.97 Å². The van der Waals surface area contributed by atoms with E-state index in [0.29, 0.717) is 11.4 Å². The first-order chi connectivity index (χ1) is 8.15. The normalized spacial score (nSPS) is 10.2. The molecule has 5 heteroatoms. The van der Waals surface area contributed by atoms with Crippen LogP contribution in [0.15, 0.2) is 30.7 Å². The number of hydrogen-bond donors (Lipinski definition) is 1. The van der Waals surface area contributed by atoms with Crippen LogP contribution in [0.4, 0.5) is 0 Å². The number of aliphatic carboxylic acids is 1. The molecule has 0 unspecified atom stereocenters. The zero-order valence-electron chi connectivity index (χ0n) is 9.29. The zero-order valence-corrected chi connectivity index (χ0v) is 9.29. The maximum absolute atomic E-state index is 10.5. The smallest absolute Gasteiger partial charge is 0.307 e. The summed E-state index contributed by atoms with van der Waals surface area (Å²) in [4.78, 5) is 22.9. The Hall–Kier alpha value is -2.30. The van der Waals surface area contributed by atoms with E-state index in [4.69, 9.17) is 5.11 Å². The van der Waals surface area contributed by atoms with Gasteiger partial charge in [0.15, 0.2) is 5.82 Å². The lowest BCUT2D eigenvalue weighted by Gasteiger charge is -2.01. The topological polar surface area (TPSA) is 76.0 Å². The van der Waals surface area contributed by atoms with Crippen LogP contribution in [0.3, 0.4) is 0 Å². The van der Waals surface area contributed by atoms with Crippen molar-refractivity contribution in [3.05, 3.63) is 42.0 Å². The molecule has 0 aliphatic carbocycles. The van der Waals surface area contributed by atoms with Gasteiger partial charge < -0.3 is 5.11 Å². The molecule has 0 bridgehead atoms. The SMILES string of the molecule is Cc1cc(-c2ncc(CC(=O)O)cn2)ccn1. The first-order valence-corrected chi connectivity index (χ1v) is 5.11. The van der Waals surface area contributed by atoms with Gasteiger partial charge in [-0.05, 0) is 24.6 Å². The van der Waals surface area contributed by atoms with Crippen LogP contribution in [0.25, 0.3) is 11.4 Å². The Balaban J connectivity index is 2.26. The third-order valence-corrected chi connectivity index (χ3v) is 2.22. The molecule has 2 rings (SSSR count). The lowest BCUT2D eigenvalue weighted by molar-refractivity contribution is -0.136. The Morgan fingerprint density at radius 3 is 2.59 bits per heavy atom. The summed E-state index contributed by atoms with van der Waals surface area (Å²) in [5, 5.41) is 8.63. The van der Waals surface area contributed by atoms with Gasteiger partial charge >= 0.3 is 5.97 Å². The van der Waals surface area contributed by atoms with Gasteiger partial charge in [0.1, 0.15) is 0 Å². The maximum Gasteiger partial charge on any atom is 0.307 e. The number of carboxylic acids is 1. The number of rotatable bonds is 3. The van der Waals surface area contributed by atoms with E-state index in [1.165, 1.54) is 12.4 Å². The van der Waals surface area contributed by atoms with E-state index in [9.17, 15) is 4.79 Å². The molecule has 17 heavy (non-hydrogen) atoms. The fourth-order valence-corrected chi connectivity index (χ4v) is 1.45. The van der Waals surface area contributed by atoms with E-state index in [2.05, 4.69) is 15.0 Å². The van der Waals surface area contributed by atoms with Crippen molar-refractivity contribution in [3.8, 4) is 11.4 Å². The molecule has 5 nitrogen and oxygen atoms in total. The van der Waals surface area contributed by atoms with Crippen molar-refractivity contribution in [3.63, 3.8) is 0 Å². The molecule has 2 aromatic rings. The molecule has 0 saturated heterocycles. The highest BCUT2D eigenvalue weighted by Crippen LogP contribution is 2.14. The summed E-state index contributed by atoms with van der Waals surface area (Å²) < 4.78 is 0. The molecular weight excluding hydrogens is 218 g/mol. The summed E-state index contributed by atoms with van der Waals surface area (Å²) in [5.74, 6) is -0.314. The molecule has 0 amide bonds. The molecule has 2 heterocycles. The van der Waals surface area contributed by atoms with Crippen molar-refractivity contribution in [1.29, 1.82) is 0 Å². The Labute approximate surface area is 98.2 Å². The minimum atomic E-state index is -0.888. The van der Waals surface area contributed by atoms with E-state index in [1.54, 1.807) is 6.20 Å². The van der Waals surface area contributed by atoms with E-state index >= 15 is 0 Å². The lowest BCUT2D eigenvalue weighted by Crippen LogP contribution is -2.01. The fourth-order valence-electron chi connectivity index (χ4n) is 1.45. The van der Waals surface area contributed by atoms with Crippen molar-refractivity contribution in [2.45, 2.75) is 13.3 Å². The molecule has 86 valence electrons. The molecular formula is C12H11N3O2. The predicted molar refractivity (Wildman–Crippen MR) is 61.3 cm³/mol. The number of carbonyl (C=O) groups is 1. The first kappa shape index (κ1) is 11.2. The molecule has 0 atom stereocenters. The number of hydrogen-bond acceptors (Lipinski definition) is 4. The van der Waals surface area contributed by atoms with E-state index in [-0.39, 0.29) is 6.42 Å². The minimum Gasteiger partial charge on any atom is -0.481 e.